The zero-order valence-electron chi connectivity index (χ0n) is 27.5. The summed E-state index contributed by atoms with van der Waals surface area (Å²) in [6.07, 6.45) is 6.24. The van der Waals surface area contributed by atoms with E-state index in [-0.39, 0.29) is 48.0 Å². The number of hydrogen-bond acceptors (Lipinski definition) is 9. The van der Waals surface area contributed by atoms with Gasteiger partial charge in [-0.2, -0.15) is 0 Å². The van der Waals surface area contributed by atoms with Crippen LogP contribution in [0.3, 0.4) is 0 Å². The summed E-state index contributed by atoms with van der Waals surface area (Å²) in [6, 6.07) is 0. The van der Waals surface area contributed by atoms with Crippen molar-refractivity contribution in [2.75, 3.05) is 14.2 Å². The van der Waals surface area contributed by atoms with Crippen molar-refractivity contribution < 1.29 is 43.8 Å². The summed E-state index contributed by atoms with van der Waals surface area (Å²) in [5, 5.41) is 33.8. The Balaban J connectivity index is 1.58. The maximum atomic E-state index is 13.3. The van der Waals surface area contributed by atoms with E-state index in [4.69, 9.17) is 35.3 Å². The van der Waals surface area contributed by atoms with E-state index in [0.717, 1.165) is 12.0 Å². The molecular weight excluding hydrogens is 600 g/mol. The van der Waals surface area contributed by atoms with Crippen LogP contribution in [0.1, 0.15) is 66.7 Å². The Morgan fingerprint density at radius 1 is 1.09 bits per heavy atom. The predicted octanol–water partition coefficient (Wildman–Crippen LogP) is 4.07. The first-order chi connectivity index (χ1) is 21.2. The van der Waals surface area contributed by atoms with Crippen LogP contribution >= 0.6 is 11.6 Å². The van der Waals surface area contributed by atoms with Crippen LogP contribution < -0.4 is 0 Å². The van der Waals surface area contributed by atoms with Crippen molar-refractivity contribution >= 4 is 17.6 Å². The number of esters is 1. The molecule has 3 N–H and O–H groups in total. The summed E-state index contributed by atoms with van der Waals surface area (Å²) in [5.74, 6) is 3.22. The minimum absolute atomic E-state index is 0.0110. The van der Waals surface area contributed by atoms with Gasteiger partial charge in [-0.15, -0.1) is 11.6 Å². The van der Waals surface area contributed by atoms with E-state index in [1.807, 2.05) is 33.8 Å². The van der Waals surface area contributed by atoms with E-state index in [0.29, 0.717) is 12.8 Å². The number of hydrogen-bond donors (Lipinski definition) is 3. The third-order valence-corrected chi connectivity index (χ3v) is 10.3. The number of carbonyl (C=O) groups excluding carboxylic acids is 1. The minimum Gasteiger partial charge on any atom is -0.458 e. The maximum Gasteiger partial charge on any atom is 0.311 e. The van der Waals surface area contributed by atoms with Crippen LogP contribution in [0.4, 0.5) is 0 Å². The Labute approximate surface area is 272 Å². The van der Waals surface area contributed by atoms with Gasteiger partial charge in [0.25, 0.3) is 0 Å². The van der Waals surface area contributed by atoms with Gasteiger partial charge in [0.2, 0.25) is 0 Å². The van der Waals surface area contributed by atoms with E-state index >= 15 is 0 Å². The molecule has 1 saturated heterocycles. The third kappa shape index (κ3) is 8.79. The molecule has 10 heteroatoms. The Bertz CT molecular complexity index is 1190. The van der Waals surface area contributed by atoms with Crippen LogP contribution in [0.25, 0.3) is 0 Å². The lowest BCUT2D eigenvalue weighted by molar-refractivity contribution is -0.319. The van der Waals surface area contributed by atoms with Crippen molar-refractivity contribution in [1.82, 2.24) is 0 Å². The standard InChI is InChI=1S/C35H51ClO9/c1-20-14-25(13-11-9-8-10-12-24-17-26(24)36)43-30(37)19-35(40)18-29(23(4)31(45-35)22(3)27(15-20)41-6)44-28-16-21(2)32(38)34(5,39)33(28)42-7/h8-9,11,13,15,21-29,31-33,38-40H,14,16-19H2,1-7H3. The Hall–Kier alpha value is -1.74. The number of carbonyl (C=O) groups is 1. The summed E-state index contributed by atoms with van der Waals surface area (Å²) in [7, 11) is 3.12. The van der Waals surface area contributed by atoms with E-state index < -0.39 is 54.0 Å². The lowest BCUT2D eigenvalue weighted by Crippen LogP contribution is -2.64. The normalized spacial score (nSPS) is 46.0. The Kier molecular flexibility index (Phi) is 12.0. The van der Waals surface area contributed by atoms with Gasteiger partial charge in [-0.05, 0) is 44.8 Å². The van der Waals surface area contributed by atoms with E-state index in [1.165, 1.54) is 7.11 Å². The first kappa shape index (κ1) is 36.1. The van der Waals surface area contributed by atoms with Crippen LogP contribution in [0.2, 0.25) is 0 Å². The molecule has 2 bridgehead atoms. The third-order valence-electron chi connectivity index (χ3n) is 9.82. The second kappa shape index (κ2) is 15.0. The molecule has 45 heavy (non-hydrogen) atoms. The molecule has 14 atom stereocenters. The smallest absolute Gasteiger partial charge is 0.311 e. The van der Waals surface area contributed by atoms with Crippen molar-refractivity contribution in [1.29, 1.82) is 0 Å². The molecule has 3 fully saturated rings. The highest BCUT2D eigenvalue weighted by molar-refractivity contribution is 6.22. The molecule has 0 radical (unpaired) electrons. The van der Waals surface area contributed by atoms with Crippen LogP contribution in [-0.4, -0.2) is 95.0 Å². The molecule has 2 aliphatic heterocycles. The summed E-state index contributed by atoms with van der Waals surface area (Å²) >= 11 is 6.00. The zero-order chi connectivity index (χ0) is 33.1. The van der Waals surface area contributed by atoms with Gasteiger partial charge in [0.1, 0.15) is 17.8 Å². The Morgan fingerprint density at radius 2 is 1.80 bits per heavy atom. The SMILES string of the molecule is COC1C=C(C)CC(C=CC=CC#CC2CC2Cl)OC(=O)CC2(O)CC(OC3CC(C)C(O)C(C)(O)C3OC)C(C)C(O2)C1C. The summed E-state index contributed by atoms with van der Waals surface area (Å²) < 4.78 is 30.4. The summed E-state index contributed by atoms with van der Waals surface area (Å²) in [6.45, 7) is 9.39. The van der Waals surface area contributed by atoms with Gasteiger partial charge >= 0.3 is 5.97 Å². The number of allylic oxidation sites excluding steroid dienone is 3. The van der Waals surface area contributed by atoms with Gasteiger partial charge < -0.3 is 39.0 Å². The number of aliphatic hydroxyl groups is 3. The molecule has 0 aromatic rings. The van der Waals surface area contributed by atoms with Gasteiger partial charge in [-0.1, -0.05) is 56.4 Å². The maximum absolute atomic E-state index is 13.3. The monoisotopic (exact) mass is 650 g/mol. The lowest BCUT2D eigenvalue weighted by Gasteiger charge is -2.51. The van der Waals surface area contributed by atoms with Crippen LogP contribution in [0.5, 0.6) is 0 Å². The number of rotatable bonds is 6. The highest BCUT2D eigenvalue weighted by atomic mass is 35.5. The zero-order valence-corrected chi connectivity index (χ0v) is 28.3. The number of alkyl halides is 1. The predicted molar refractivity (Wildman–Crippen MR) is 170 cm³/mol. The molecule has 0 spiro atoms. The molecule has 0 amide bonds. The average Bonchev–Trinajstić information content (AvgIpc) is 3.67. The fourth-order valence-electron chi connectivity index (χ4n) is 7.11. The number of aliphatic hydroxyl groups excluding tert-OH is 1. The number of halogens is 1. The molecule has 9 nitrogen and oxygen atoms in total. The number of ether oxygens (including phenoxy) is 5. The summed E-state index contributed by atoms with van der Waals surface area (Å²) in [4.78, 5) is 13.3. The first-order valence-corrected chi connectivity index (χ1v) is 16.5. The molecule has 0 aromatic heterocycles. The topological polar surface area (TPSA) is 124 Å². The highest BCUT2D eigenvalue weighted by Crippen LogP contribution is 2.43. The van der Waals surface area contributed by atoms with E-state index in [9.17, 15) is 20.1 Å². The minimum atomic E-state index is -1.86. The highest BCUT2D eigenvalue weighted by Gasteiger charge is 2.54. The molecule has 252 valence electrons. The second-order valence-corrected chi connectivity index (χ2v) is 14.3. The van der Waals surface area contributed by atoms with Crippen molar-refractivity contribution in [2.45, 2.75) is 126 Å². The molecule has 0 aromatic carbocycles. The molecule has 2 heterocycles. The van der Waals surface area contributed by atoms with Gasteiger partial charge in [0.05, 0.1) is 36.9 Å². The molecule has 4 rings (SSSR count). The largest absolute Gasteiger partial charge is 0.458 e. The van der Waals surface area contributed by atoms with Crippen molar-refractivity contribution in [3.63, 3.8) is 0 Å². The quantitative estimate of drug-likeness (QED) is 0.128. The fraction of sp³-hybridized carbons (Fsp3) is 0.743. The first-order valence-electron chi connectivity index (χ1n) is 16.1. The molecule has 2 aliphatic carbocycles. The molecule has 2 saturated carbocycles. The summed E-state index contributed by atoms with van der Waals surface area (Å²) in [5.41, 5.74) is -0.554. The van der Waals surface area contributed by atoms with Gasteiger partial charge in [-0.25, -0.2) is 0 Å². The fourth-order valence-corrected chi connectivity index (χ4v) is 7.36. The number of fused-ring (bicyclic) bond motifs is 2. The van der Waals surface area contributed by atoms with Gasteiger partial charge in [0, 0.05) is 50.2 Å². The second-order valence-electron chi connectivity index (χ2n) is 13.7. The Morgan fingerprint density at radius 3 is 2.44 bits per heavy atom. The van der Waals surface area contributed by atoms with Gasteiger partial charge in [-0.3, -0.25) is 4.79 Å². The molecular formula is C35H51ClO9. The van der Waals surface area contributed by atoms with Crippen molar-refractivity contribution in [3.8, 4) is 11.8 Å². The average molecular weight is 651 g/mol. The van der Waals surface area contributed by atoms with Crippen molar-refractivity contribution in [2.24, 2.45) is 23.7 Å². The van der Waals surface area contributed by atoms with E-state index in [2.05, 4.69) is 11.8 Å². The molecule has 4 aliphatic rings. The number of cyclic esters (lactones) is 1. The van der Waals surface area contributed by atoms with Crippen LogP contribution in [-0.2, 0) is 28.5 Å². The van der Waals surface area contributed by atoms with Crippen LogP contribution in [0.15, 0.2) is 36.0 Å². The van der Waals surface area contributed by atoms with Crippen molar-refractivity contribution in [3.05, 3.63) is 36.0 Å². The van der Waals surface area contributed by atoms with E-state index in [1.54, 1.807) is 38.3 Å². The number of methoxy groups -OCH3 is 2. The van der Waals surface area contributed by atoms with Crippen LogP contribution in [0, 0.1) is 35.5 Å². The molecule has 14 unspecified atom stereocenters. The lowest BCUT2D eigenvalue weighted by atomic mass is 9.73. The van der Waals surface area contributed by atoms with Gasteiger partial charge in [0.15, 0.2) is 5.79 Å².